The molecule has 0 unspecified atom stereocenters. The summed E-state index contributed by atoms with van der Waals surface area (Å²) in [6.07, 6.45) is 1.69. The molecule has 0 atom stereocenters. The maximum atomic E-state index is 12.9. The first-order valence-corrected chi connectivity index (χ1v) is 4.85. The van der Waals surface area contributed by atoms with E-state index in [2.05, 4.69) is 27.0 Å². The normalized spacial score (nSPS) is 9.47. The molecule has 0 spiro atoms. The molecule has 0 aliphatic rings. The van der Waals surface area contributed by atoms with Crippen molar-refractivity contribution in [3.63, 3.8) is 0 Å². The summed E-state index contributed by atoms with van der Waals surface area (Å²) in [7, 11) is 0. The van der Waals surface area contributed by atoms with Crippen molar-refractivity contribution < 1.29 is 24.5 Å². The van der Waals surface area contributed by atoms with Crippen LogP contribution in [0.15, 0.2) is 41.0 Å². The van der Waals surface area contributed by atoms with E-state index in [9.17, 15) is 4.39 Å². The van der Waals surface area contributed by atoms with Crippen LogP contribution in [0.4, 0.5) is 4.39 Å². The van der Waals surface area contributed by atoms with Gasteiger partial charge in [0.05, 0.1) is 5.82 Å². The summed E-state index contributed by atoms with van der Waals surface area (Å²) < 4.78 is 13.3. The Hall–Kier alpha value is -0.571. The van der Waals surface area contributed by atoms with Gasteiger partial charge in [-0.15, -0.1) is 23.8 Å². The summed E-state index contributed by atoms with van der Waals surface area (Å²) in [6.45, 7) is 0. The number of nitrogens with zero attached hydrogens (tertiary/aromatic N) is 1. The maximum Gasteiger partial charge on any atom is 0.0518 e. The molecule has 1 aromatic heterocycles. The van der Waals surface area contributed by atoms with E-state index < -0.39 is 0 Å². The van der Waals surface area contributed by atoms with Crippen molar-refractivity contribution in [1.29, 1.82) is 0 Å². The molecule has 1 aromatic carbocycles. The van der Waals surface area contributed by atoms with E-state index in [0.29, 0.717) is 4.47 Å². The van der Waals surface area contributed by atoms with E-state index in [1.165, 1.54) is 6.07 Å². The van der Waals surface area contributed by atoms with Crippen molar-refractivity contribution >= 4 is 15.9 Å². The molecule has 1 heterocycles. The first kappa shape index (κ1) is 12.5. The van der Waals surface area contributed by atoms with Gasteiger partial charge in [0.15, 0.2) is 0 Å². The number of rotatable bonds is 1. The van der Waals surface area contributed by atoms with Gasteiger partial charge in [-0.1, -0.05) is 28.1 Å². The molecule has 4 heteroatoms. The molecular weight excluding hydrogens is 437 g/mol. The molecule has 1 radical (unpaired) electrons. The molecular formula is C11H6BrFIrN-. The Labute approximate surface area is 109 Å². The van der Waals surface area contributed by atoms with Crippen molar-refractivity contribution in [2.45, 2.75) is 0 Å². The van der Waals surface area contributed by atoms with Crippen LogP contribution in [0.1, 0.15) is 0 Å². The number of hydrogen-bond acceptors (Lipinski definition) is 1. The molecule has 79 valence electrons. The molecule has 0 saturated heterocycles. The minimum atomic E-state index is -0.315. The van der Waals surface area contributed by atoms with Gasteiger partial charge in [0.2, 0.25) is 0 Å². The summed E-state index contributed by atoms with van der Waals surface area (Å²) in [5.41, 5.74) is 1.56. The molecule has 2 aromatic rings. The first-order valence-electron chi connectivity index (χ1n) is 4.05. The molecule has 15 heavy (non-hydrogen) atoms. The average Bonchev–Trinajstić information content (AvgIpc) is 2.23. The predicted molar refractivity (Wildman–Crippen MR) is 56.2 cm³/mol. The van der Waals surface area contributed by atoms with E-state index in [-0.39, 0.29) is 25.9 Å². The summed E-state index contributed by atoms with van der Waals surface area (Å²) in [6, 6.07) is 11.4. The van der Waals surface area contributed by atoms with Gasteiger partial charge in [0.25, 0.3) is 0 Å². The van der Waals surface area contributed by atoms with Crippen LogP contribution >= 0.6 is 15.9 Å². The second kappa shape index (κ2) is 5.50. The topological polar surface area (TPSA) is 12.9 Å². The Morgan fingerprint density at radius 1 is 1.33 bits per heavy atom. The zero-order chi connectivity index (χ0) is 9.97. The van der Waals surface area contributed by atoms with Crippen molar-refractivity contribution in [2.75, 3.05) is 0 Å². The standard InChI is InChI=1S/C11H6BrFN.Ir/c12-9-7-8(4-5-10(9)13)11-3-1-2-6-14-11;/h1-3,5-7H;/q-1;. The van der Waals surface area contributed by atoms with E-state index in [1.807, 2.05) is 18.2 Å². The second-order valence-corrected chi connectivity index (χ2v) is 3.61. The molecule has 0 N–H and O–H groups in total. The summed E-state index contributed by atoms with van der Waals surface area (Å²) in [5.74, 6) is -0.315. The first-order chi connectivity index (χ1) is 6.77. The van der Waals surface area contributed by atoms with Gasteiger partial charge in [-0.05, 0) is 16.2 Å². The van der Waals surface area contributed by atoms with Crippen LogP contribution in [-0.2, 0) is 20.1 Å². The van der Waals surface area contributed by atoms with Gasteiger partial charge in [-0.3, -0.25) is 4.39 Å². The Balaban J connectivity index is 0.00000112. The number of aromatic nitrogens is 1. The van der Waals surface area contributed by atoms with Gasteiger partial charge in [0, 0.05) is 26.3 Å². The monoisotopic (exact) mass is 443 g/mol. The largest absolute Gasteiger partial charge is 0.305 e. The average molecular weight is 443 g/mol. The van der Waals surface area contributed by atoms with E-state index in [0.717, 1.165) is 11.3 Å². The smallest absolute Gasteiger partial charge is 0.0518 e. The third kappa shape index (κ3) is 2.94. The van der Waals surface area contributed by atoms with Gasteiger partial charge >= 0.3 is 0 Å². The van der Waals surface area contributed by atoms with Crippen LogP contribution in [0, 0.1) is 11.9 Å². The molecule has 2 rings (SSSR count). The number of hydrogen-bond donors (Lipinski definition) is 0. The van der Waals surface area contributed by atoms with E-state index in [4.69, 9.17) is 0 Å². The van der Waals surface area contributed by atoms with Crippen LogP contribution in [0.25, 0.3) is 11.3 Å². The van der Waals surface area contributed by atoms with Crippen molar-refractivity contribution in [3.05, 3.63) is 52.9 Å². The van der Waals surface area contributed by atoms with Crippen LogP contribution in [0.2, 0.25) is 0 Å². The summed E-state index contributed by atoms with van der Waals surface area (Å²) >= 11 is 3.12. The quantitative estimate of drug-likeness (QED) is 0.616. The van der Waals surface area contributed by atoms with Crippen molar-refractivity contribution in [1.82, 2.24) is 4.98 Å². The molecule has 1 nitrogen and oxygen atoms in total. The Kier molecular flexibility index (Phi) is 4.58. The molecule has 0 aliphatic carbocycles. The predicted octanol–water partition coefficient (Wildman–Crippen LogP) is 3.45. The van der Waals surface area contributed by atoms with Gasteiger partial charge in [0.1, 0.15) is 0 Å². The molecule has 0 bridgehead atoms. The van der Waals surface area contributed by atoms with Gasteiger partial charge in [-0.25, -0.2) is 0 Å². The Morgan fingerprint density at radius 3 is 2.73 bits per heavy atom. The Bertz CT molecular complexity index is 448. The fourth-order valence-corrected chi connectivity index (χ4v) is 1.46. The zero-order valence-electron chi connectivity index (χ0n) is 7.50. The van der Waals surface area contributed by atoms with Gasteiger partial charge in [-0.2, -0.15) is 0 Å². The van der Waals surface area contributed by atoms with E-state index >= 15 is 0 Å². The fourth-order valence-electron chi connectivity index (χ4n) is 1.12. The molecule has 0 fully saturated rings. The third-order valence-corrected chi connectivity index (χ3v) is 2.40. The number of benzene rings is 1. The molecule has 0 amide bonds. The summed E-state index contributed by atoms with van der Waals surface area (Å²) in [5, 5.41) is 0. The fraction of sp³-hybridized carbons (Fsp3) is 0. The minimum Gasteiger partial charge on any atom is -0.305 e. The van der Waals surface area contributed by atoms with Crippen molar-refractivity contribution in [2.24, 2.45) is 0 Å². The third-order valence-electron chi connectivity index (χ3n) is 1.79. The second-order valence-electron chi connectivity index (χ2n) is 2.76. The number of pyridine rings is 1. The maximum absolute atomic E-state index is 12.9. The minimum absolute atomic E-state index is 0. The molecule has 0 aliphatic heterocycles. The van der Waals surface area contributed by atoms with Crippen molar-refractivity contribution in [3.8, 4) is 11.3 Å². The van der Waals surface area contributed by atoms with Crippen LogP contribution in [0.5, 0.6) is 0 Å². The SMILES string of the molecule is Fc1c[c-]c(-c2ccccn2)cc1Br.[Ir]. The van der Waals surface area contributed by atoms with Crippen LogP contribution < -0.4 is 0 Å². The Morgan fingerprint density at radius 2 is 2.13 bits per heavy atom. The summed E-state index contributed by atoms with van der Waals surface area (Å²) in [4.78, 5) is 4.15. The van der Waals surface area contributed by atoms with Crippen LogP contribution in [-0.4, -0.2) is 4.98 Å². The zero-order valence-corrected chi connectivity index (χ0v) is 11.5. The van der Waals surface area contributed by atoms with E-state index in [1.54, 1.807) is 12.3 Å². The van der Waals surface area contributed by atoms with Gasteiger partial charge < -0.3 is 4.98 Å². The van der Waals surface area contributed by atoms with Crippen LogP contribution in [0.3, 0.4) is 0 Å². The molecule has 0 saturated carbocycles. The number of halogens is 2.